The summed E-state index contributed by atoms with van der Waals surface area (Å²) in [5.74, 6) is 0.189. The second-order valence-electron chi connectivity index (χ2n) is 3.82. The minimum atomic E-state index is 0.0683. The zero-order valence-corrected chi connectivity index (χ0v) is 10.2. The number of rotatable bonds is 1. The first-order chi connectivity index (χ1) is 7.09. The lowest BCUT2D eigenvalue weighted by molar-refractivity contribution is 0.585. The molecule has 0 atom stereocenters. The molecule has 15 heavy (non-hydrogen) atoms. The number of hydrogen-bond acceptors (Lipinski definition) is 2. The fraction of sp³-hybridized carbons (Fsp3) is 0.250. The molecule has 0 aliphatic rings. The minimum absolute atomic E-state index is 0.0683. The molecule has 2 nitrogen and oxygen atoms in total. The molecule has 0 unspecified atom stereocenters. The second-order valence-corrected chi connectivity index (χ2v) is 4.73. The summed E-state index contributed by atoms with van der Waals surface area (Å²) in [7, 11) is 0. The predicted octanol–water partition coefficient (Wildman–Crippen LogP) is 3.68. The third-order valence-electron chi connectivity index (χ3n) is 2.39. The van der Waals surface area contributed by atoms with Crippen molar-refractivity contribution in [1.29, 1.82) is 0 Å². The van der Waals surface area contributed by atoms with Crippen molar-refractivity contribution in [3.63, 3.8) is 0 Å². The van der Waals surface area contributed by atoms with E-state index in [1.165, 1.54) is 0 Å². The Balaban J connectivity index is 2.80. The summed E-state index contributed by atoms with van der Waals surface area (Å²) in [5.41, 5.74) is 1.42. The molecule has 0 radical (unpaired) electrons. The normalized spacial score (nSPS) is 11.2. The van der Waals surface area contributed by atoms with Crippen molar-refractivity contribution in [2.24, 2.45) is 0 Å². The van der Waals surface area contributed by atoms with Crippen LogP contribution in [0, 0.1) is 0 Å². The molecule has 78 valence electrons. The van der Waals surface area contributed by atoms with Gasteiger partial charge in [0, 0.05) is 10.0 Å². The highest BCUT2D eigenvalue weighted by Crippen LogP contribution is 2.19. The molecule has 1 heterocycles. The molecule has 1 aromatic carbocycles. The maximum absolute atomic E-state index is 12.0. The SMILES string of the molecule is CC(C)c1coc2cc(Br)ccc2c1=O. The number of hydrogen-bond donors (Lipinski definition) is 0. The molecule has 0 bridgehead atoms. The lowest BCUT2D eigenvalue weighted by atomic mass is 10.0. The summed E-state index contributed by atoms with van der Waals surface area (Å²) in [6.45, 7) is 3.97. The first-order valence-corrected chi connectivity index (χ1v) is 5.60. The van der Waals surface area contributed by atoms with Crippen LogP contribution in [0.2, 0.25) is 0 Å². The van der Waals surface area contributed by atoms with Gasteiger partial charge in [-0.05, 0) is 24.1 Å². The van der Waals surface area contributed by atoms with Gasteiger partial charge in [0.2, 0.25) is 0 Å². The van der Waals surface area contributed by atoms with Crippen molar-refractivity contribution in [1.82, 2.24) is 0 Å². The molecule has 0 spiro atoms. The number of fused-ring (bicyclic) bond motifs is 1. The van der Waals surface area contributed by atoms with E-state index < -0.39 is 0 Å². The molecule has 0 aliphatic heterocycles. The Morgan fingerprint density at radius 3 is 2.73 bits per heavy atom. The first kappa shape index (κ1) is 10.4. The fourth-order valence-electron chi connectivity index (χ4n) is 1.52. The van der Waals surface area contributed by atoms with Gasteiger partial charge in [-0.2, -0.15) is 0 Å². The molecule has 0 N–H and O–H groups in total. The van der Waals surface area contributed by atoms with Crippen LogP contribution in [0.3, 0.4) is 0 Å². The highest BCUT2D eigenvalue weighted by molar-refractivity contribution is 9.10. The highest BCUT2D eigenvalue weighted by atomic mass is 79.9. The monoisotopic (exact) mass is 266 g/mol. The minimum Gasteiger partial charge on any atom is -0.464 e. The molecular formula is C12H11BrO2. The largest absolute Gasteiger partial charge is 0.464 e. The molecule has 0 saturated heterocycles. The molecule has 2 rings (SSSR count). The van der Waals surface area contributed by atoms with Crippen molar-refractivity contribution in [2.45, 2.75) is 19.8 Å². The molecule has 0 amide bonds. The van der Waals surface area contributed by atoms with Gasteiger partial charge in [0.1, 0.15) is 5.58 Å². The van der Waals surface area contributed by atoms with Gasteiger partial charge in [0.05, 0.1) is 11.6 Å². The van der Waals surface area contributed by atoms with Crippen molar-refractivity contribution in [3.05, 3.63) is 44.7 Å². The van der Waals surface area contributed by atoms with E-state index in [0.29, 0.717) is 11.0 Å². The van der Waals surface area contributed by atoms with Crippen molar-refractivity contribution < 1.29 is 4.42 Å². The fourth-order valence-corrected chi connectivity index (χ4v) is 1.86. The van der Waals surface area contributed by atoms with Gasteiger partial charge in [-0.15, -0.1) is 0 Å². The van der Waals surface area contributed by atoms with E-state index in [2.05, 4.69) is 15.9 Å². The predicted molar refractivity (Wildman–Crippen MR) is 64.3 cm³/mol. The van der Waals surface area contributed by atoms with Crippen LogP contribution in [0.4, 0.5) is 0 Å². The van der Waals surface area contributed by atoms with E-state index >= 15 is 0 Å². The van der Waals surface area contributed by atoms with E-state index in [-0.39, 0.29) is 11.3 Å². The lowest BCUT2D eigenvalue weighted by Gasteiger charge is -2.04. The Kier molecular flexibility index (Phi) is 2.65. The highest BCUT2D eigenvalue weighted by Gasteiger charge is 2.09. The van der Waals surface area contributed by atoms with Crippen molar-refractivity contribution in [2.75, 3.05) is 0 Å². The zero-order chi connectivity index (χ0) is 11.0. The second kappa shape index (κ2) is 3.81. The molecule has 3 heteroatoms. The van der Waals surface area contributed by atoms with Gasteiger partial charge in [0.25, 0.3) is 0 Å². The van der Waals surface area contributed by atoms with Gasteiger partial charge in [0.15, 0.2) is 5.43 Å². The maximum atomic E-state index is 12.0. The van der Waals surface area contributed by atoms with Crippen molar-refractivity contribution in [3.8, 4) is 0 Å². The van der Waals surface area contributed by atoms with Gasteiger partial charge in [-0.3, -0.25) is 4.79 Å². The average molecular weight is 267 g/mol. The summed E-state index contributed by atoms with van der Waals surface area (Å²) in [6.07, 6.45) is 1.56. The van der Waals surface area contributed by atoms with Gasteiger partial charge >= 0.3 is 0 Å². The van der Waals surface area contributed by atoms with Gasteiger partial charge in [-0.1, -0.05) is 29.8 Å². The van der Waals surface area contributed by atoms with E-state index in [9.17, 15) is 4.79 Å². The quantitative estimate of drug-likeness (QED) is 0.788. The van der Waals surface area contributed by atoms with Crippen LogP contribution in [0.5, 0.6) is 0 Å². The standard InChI is InChI=1S/C12H11BrO2/c1-7(2)10-6-15-11-5-8(13)3-4-9(11)12(10)14/h3-7H,1-2H3. The van der Waals surface area contributed by atoms with Crippen LogP contribution in [-0.4, -0.2) is 0 Å². The number of halogens is 1. The topological polar surface area (TPSA) is 30.2 Å². The van der Waals surface area contributed by atoms with Gasteiger partial charge in [-0.25, -0.2) is 0 Å². The molecule has 2 aromatic rings. The lowest BCUT2D eigenvalue weighted by Crippen LogP contribution is -2.09. The van der Waals surface area contributed by atoms with Gasteiger partial charge < -0.3 is 4.42 Å². The summed E-state index contributed by atoms with van der Waals surface area (Å²) >= 11 is 3.34. The van der Waals surface area contributed by atoms with E-state index in [0.717, 1.165) is 10.0 Å². The van der Waals surface area contributed by atoms with Crippen molar-refractivity contribution >= 4 is 26.9 Å². The summed E-state index contributed by atoms with van der Waals surface area (Å²) in [6, 6.07) is 5.45. The third-order valence-corrected chi connectivity index (χ3v) is 2.88. The third kappa shape index (κ3) is 1.84. The zero-order valence-electron chi connectivity index (χ0n) is 8.58. The Hall–Kier alpha value is -1.09. The summed E-state index contributed by atoms with van der Waals surface area (Å²) < 4.78 is 6.35. The number of benzene rings is 1. The summed E-state index contributed by atoms with van der Waals surface area (Å²) in [4.78, 5) is 12.0. The summed E-state index contributed by atoms with van der Waals surface area (Å²) in [5, 5.41) is 0.643. The Labute approximate surface area is 96.0 Å². The molecule has 1 aromatic heterocycles. The van der Waals surface area contributed by atoms with E-state index in [1.54, 1.807) is 18.4 Å². The maximum Gasteiger partial charge on any atom is 0.196 e. The van der Waals surface area contributed by atoms with Crippen LogP contribution in [0.15, 0.2) is 38.1 Å². The Bertz CT molecular complexity index is 555. The Morgan fingerprint density at radius 2 is 2.07 bits per heavy atom. The molecular weight excluding hydrogens is 256 g/mol. The smallest absolute Gasteiger partial charge is 0.196 e. The van der Waals surface area contributed by atoms with E-state index in [1.807, 2.05) is 19.9 Å². The molecule has 0 saturated carbocycles. The van der Waals surface area contributed by atoms with E-state index in [4.69, 9.17) is 4.42 Å². The first-order valence-electron chi connectivity index (χ1n) is 4.80. The van der Waals surface area contributed by atoms with Crippen LogP contribution < -0.4 is 5.43 Å². The molecule has 0 fully saturated rings. The van der Waals surface area contributed by atoms with Crippen LogP contribution in [0.25, 0.3) is 11.0 Å². The Morgan fingerprint density at radius 1 is 1.33 bits per heavy atom. The van der Waals surface area contributed by atoms with Crippen LogP contribution in [-0.2, 0) is 0 Å². The van der Waals surface area contributed by atoms with Crippen LogP contribution in [0.1, 0.15) is 25.3 Å². The molecule has 0 aliphatic carbocycles. The van der Waals surface area contributed by atoms with Crippen LogP contribution >= 0.6 is 15.9 Å². The average Bonchev–Trinajstić information content (AvgIpc) is 2.17.